The summed E-state index contributed by atoms with van der Waals surface area (Å²) in [4.78, 5) is 0. The minimum absolute atomic E-state index is 0.264. The molecule has 1 aromatic heterocycles. The van der Waals surface area contributed by atoms with Crippen LogP contribution in [0, 0.1) is 0 Å². The molecule has 1 rings (SSSR count). The van der Waals surface area contributed by atoms with E-state index in [1.807, 2.05) is 13.0 Å². The van der Waals surface area contributed by atoms with Gasteiger partial charge >= 0.3 is 0 Å². The number of aliphatic hydroxyl groups is 1. The molecule has 1 atom stereocenters. The molecule has 12 heavy (non-hydrogen) atoms. The first-order valence-corrected chi connectivity index (χ1v) is 4.35. The molecule has 1 N–H and O–H groups in total. The van der Waals surface area contributed by atoms with Crippen LogP contribution in [0.15, 0.2) is 10.6 Å². The van der Waals surface area contributed by atoms with Crippen molar-refractivity contribution < 1.29 is 9.63 Å². The van der Waals surface area contributed by atoms with E-state index in [4.69, 9.17) is 9.63 Å². The summed E-state index contributed by atoms with van der Waals surface area (Å²) < 4.78 is 5.04. The molecular weight excluding hydrogens is 154 g/mol. The van der Waals surface area contributed by atoms with Gasteiger partial charge in [0.05, 0.1) is 11.8 Å². The molecule has 0 aliphatic carbocycles. The van der Waals surface area contributed by atoms with Crippen molar-refractivity contribution in [2.45, 2.75) is 39.2 Å². The topological polar surface area (TPSA) is 46.3 Å². The molecule has 0 saturated carbocycles. The average Bonchev–Trinajstić information content (AvgIpc) is 2.48. The third-order valence-corrected chi connectivity index (χ3v) is 1.78. The van der Waals surface area contributed by atoms with Crippen LogP contribution in [0.3, 0.4) is 0 Å². The van der Waals surface area contributed by atoms with Crippen molar-refractivity contribution >= 4 is 0 Å². The van der Waals surface area contributed by atoms with Gasteiger partial charge in [-0.05, 0) is 19.8 Å². The van der Waals surface area contributed by atoms with E-state index >= 15 is 0 Å². The zero-order chi connectivity index (χ0) is 8.97. The van der Waals surface area contributed by atoms with Gasteiger partial charge in [-0.15, -0.1) is 0 Å². The molecule has 0 saturated heterocycles. The van der Waals surface area contributed by atoms with Crippen molar-refractivity contribution in [1.82, 2.24) is 5.16 Å². The zero-order valence-corrected chi connectivity index (χ0v) is 7.58. The second-order valence-corrected chi connectivity index (χ2v) is 3.03. The summed E-state index contributed by atoms with van der Waals surface area (Å²) in [5.74, 6) is 0.868. The minimum atomic E-state index is -0.264. The van der Waals surface area contributed by atoms with E-state index in [2.05, 4.69) is 5.16 Å². The van der Waals surface area contributed by atoms with Crippen LogP contribution in [0.1, 0.15) is 31.7 Å². The Balaban J connectivity index is 2.41. The Morgan fingerprint density at radius 3 is 2.92 bits per heavy atom. The minimum Gasteiger partial charge on any atom is -0.393 e. The van der Waals surface area contributed by atoms with Crippen LogP contribution in [0.5, 0.6) is 0 Å². The van der Waals surface area contributed by atoms with Gasteiger partial charge in [-0.3, -0.25) is 0 Å². The van der Waals surface area contributed by atoms with Gasteiger partial charge in [0.1, 0.15) is 5.76 Å². The molecule has 1 unspecified atom stereocenters. The Kier molecular flexibility index (Phi) is 3.29. The Labute approximate surface area is 72.4 Å². The summed E-state index contributed by atoms with van der Waals surface area (Å²) in [5.41, 5.74) is 0.982. The van der Waals surface area contributed by atoms with Crippen molar-refractivity contribution in [2.75, 3.05) is 0 Å². The highest BCUT2D eigenvalue weighted by Crippen LogP contribution is 2.07. The maximum Gasteiger partial charge on any atom is 0.137 e. The molecule has 68 valence electrons. The fourth-order valence-corrected chi connectivity index (χ4v) is 0.991. The predicted molar refractivity (Wildman–Crippen MR) is 45.9 cm³/mol. The van der Waals surface area contributed by atoms with Gasteiger partial charge in [0.2, 0.25) is 0 Å². The Bertz CT molecular complexity index is 230. The highest BCUT2D eigenvalue weighted by atomic mass is 16.5. The fourth-order valence-electron chi connectivity index (χ4n) is 0.991. The van der Waals surface area contributed by atoms with E-state index in [0.29, 0.717) is 0 Å². The lowest BCUT2D eigenvalue weighted by atomic mass is 10.2. The molecular formula is C9H15NO2. The summed E-state index contributed by atoms with van der Waals surface area (Å²) in [6, 6.07) is 1.95. The highest BCUT2D eigenvalue weighted by Gasteiger charge is 2.03. The normalized spacial score (nSPS) is 13.2. The van der Waals surface area contributed by atoms with E-state index in [0.717, 1.165) is 30.7 Å². The third-order valence-electron chi connectivity index (χ3n) is 1.78. The summed E-state index contributed by atoms with van der Waals surface area (Å²) in [6.07, 6.45) is 2.14. The number of rotatable bonds is 4. The van der Waals surface area contributed by atoms with Crippen LogP contribution < -0.4 is 0 Å². The van der Waals surface area contributed by atoms with Crippen LogP contribution in [0.2, 0.25) is 0 Å². The number of hydrogen-bond donors (Lipinski definition) is 1. The van der Waals surface area contributed by atoms with E-state index < -0.39 is 0 Å². The van der Waals surface area contributed by atoms with Gasteiger partial charge in [-0.1, -0.05) is 12.1 Å². The van der Waals surface area contributed by atoms with Crippen molar-refractivity contribution in [3.63, 3.8) is 0 Å². The summed E-state index contributed by atoms with van der Waals surface area (Å²) in [6.45, 7) is 3.81. The van der Waals surface area contributed by atoms with E-state index in [-0.39, 0.29) is 6.10 Å². The first kappa shape index (κ1) is 9.26. The van der Waals surface area contributed by atoms with Gasteiger partial charge in [-0.25, -0.2) is 0 Å². The molecule has 0 radical (unpaired) electrons. The third kappa shape index (κ3) is 2.66. The second kappa shape index (κ2) is 4.26. The summed E-state index contributed by atoms with van der Waals surface area (Å²) in [5, 5.41) is 12.9. The molecule has 3 heteroatoms. The van der Waals surface area contributed by atoms with Gasteiger partial charge < -0.3 is 9.63 Å². The Morgan fingerprint density at radius 1 is 1.67 bits per heavy atom. The number of nitrogens with zero attached hydrogens (tertiary/aromatic N) is 1. The predicted octanol–water partition coefficient (Wildman–Crippen LogP) is 1.55. The fraction of sp³-hybridized carbons (Fsp3) is 0.667. The monoisotopic (exact) mass is 169 g/mol. The van der Waals surface area contributed by atoms with Crippen molar-refractivity contribution in [1.29, 1.82) is 0 Å². The molecule has 1 heterocycles. The lowest BCUT2D eigenvalue weighted by molar-refractivity contribution is 0.181. The van der Waals surface area contributed by atoms with Crippen molar-refractivity contribution in [3.05, 3.63) is 17.5 Å². The van der Waals surface area contributed by atoms with Crippen LogP contribution in [0.4, 0.5) is 0 Å². The lowest BCUT2D eigenvalue weighted by Gasteiger charge is -1.98. The van der Waals surface area contributed by atoms with Crippen LogP contribution in [-0.4, -0.2) is 16.4 Å². The second-order valence-electron chi connectivity index (χ2n) is 3.03. The Hall–Kier alpha value is -0.830. The molecule has 0 spiro atoms. The van der Waals surface area contributed by atoms with Gasteiger partial charge in [-0.2, -0.15) is 0 Å². The van der Waals surface area contributed by atoms with Crippen molar-refractivity contribution in [2.24, 2.45) is 0 Å². The van der Waals surface area contributed by atoms with Gasteiger partial charge in [0.25, 0.3) is 0 Å². The molecule has 0 aliphatic heterocycles. The number of aromatic nitrogens is 1. The SMILES string of the molecule is CCc1cc(CCC(C)O)on1. The molecule has 0 amide bonds. The molecule has 0 aromatic carbocycles. The smallest absolute Gasteiger partial charge is 0.137 e. The largest absolute Gasteiger partial charge is 0.393 e. The standard InChI is InChI=1S/C9H15NO2/c1-3-8-6-9(12-10-8)5-4-7(2)11/h6-7,11H,3-5H2,1-2H3. The zero-order valence-electron chi connectivity index (χ0n) is 7.58. The molecule has 0 fully saturated rings. The van der Waals surface area contributed by atoms with Crippen molar-refractivity contribution in [3.8, 4) is 0 Å². The molecule has 1 aromatic rings. The molecule has 3 nitrogen and oxygen atoms in total. The first-order valence-electron chi connectivity index (χ1n) is 4.35. The average molecular weight is 169 g/mol. The van der Waals surface area contributed by atoms with Crippen LogP contribution in [-0.2, 0) is 12.8 Å². The van der Waals surface area contributed by atoms with Crippen LogP contribution in [0.25, 0.3) is 0 Å². The van der Waals surface area contributed by atoms with E-state index in [1.165, 1.54) is 0 Å². The van der Waals surface area contributed by atoms with E-state index in [1.54, 1.807) is 6.92 Å². The number of aliphatic hydroxyl groups excluding tert-OH is 1. The van der Waals surface area contributed by atoms with Gasteiger partial charge in [0, 0.05) is 12.5 Å². The maximum absolute atomic E-state index is 9.02. The maximum atomic E-state index is 9.02. The first-order chi connectivity index (χ1) is 5.72. The summed E-state index contributed by atoms with van der Waals surface area (Å²) in [7, 11) is 0. The van der Waals surface area contributed by atoms with Gasteiger partial charge in [0.15, 0.2) is 0 Å². The molecule has 0 bridgehead atoms. The van der Waals surface area contributed by atoms with Crippen LogP contribution >= 0.6 is 0 Å². The van der Waals surface area contributed by atoms with E-state index in [9.17, 15) is 0 Å². The quantitative estimate of drug-likeness (QED) is 0.743. The lowest BCUT2D eigenvalue weighted by Crippen LogP contribution is -2.00. The summed E-state index contributed by atoms with van der Waals surface area (Å²) >= 11 is 0. The number of aryl methyl sites for hydroxylation is 2. The molecule has 0 aliphatic rings. The number of hydrogen-bond acceptors (Lipinski definition) is 3. The highest BCUT2D eigenvalue weighted by molar-refractivity contribution is 5.05. The Morgan fingerprint density at radius 2 is 2.42 bits per heavy atom.